The van der Waals surface area contributed by atoms with Crippen LogP contribution in [0.3, 0.4) is 0 Å². The molecule has 0 spiro atoms. The van der Waals surface area contributed by atoms with Crippen molar-refractivity contribution in [1.29, 1.82) is 0 Å². The first kappa shape index (κ1) is 15.3. The zero-order chi connectivity index (χ0) is 14.8. The van der Waals surface area contributed by atoms with Gasteiger partial charge in [0.2, 0.25) is 0 Å². The van der Waals surface area contributed by atoms with Crippen LogP contribution in [0.15, 0.2) is 35.5 Å². The molecule has 0 aromatic carbocycles. The molecule has 20 heavy (non-hydrogen) atoms. The van der Waals surface area contributed by atoms with Gasteiger partial charge in [-0.15, -0.1) is 11.3 Å². The minimum absolute atomic E-state index is 0.0120. The number of rotatable bonds is 4. The molecule has 2 nitrogen and oxygen atoms in total. The Morgan fingerprint density at radius 3 is 2.50 bits per heavy atom. The first-order valence-corrected chi connectivity index (χ1v) is 7.56. The number of nitrogens with two attached hydrogens (primary N) is 1. The molecular formula is C13H13F3N2S2. The maximum atomic E-state index is 12.5. The predicted molar refractivity (Wildman–Crippen MR) is 75.9 cm³/mol. The Balaban J connectivity index is 2.12. The Morgan fingerprint density at radius 2 is 2.05 bits per heavy atom. The minimum Gasteiger partial charge on any atom is -0.329 e. The van der Waals surface area contributed by atoms with Crippen molar-refractivity contribution in [3.05, 3.63) is 45.8 Å². The quantitative estimate of drug-likeness (QED) is 0.856. The third-order valence-electron chi connectivity index (χ3n) is 2.62. The van der Waals surface area contributed by atoms with Crippen LogP contribution in [-0.2, 0) is 6.18 Å². The number of thiophene rings is 1. The highest BCUT2D eigenvalue weighted by Crippen LogP contribution is 2.37. The monoisotopic (exact) mass is 318 g/mol. The van der Waals surface area contributed by atoms with Gasteiger partial charge in [-0.2, -0.15) is 13.2 Å². The van der Waals surface area contributed by atoms with Gasteiger partial charge < -0.3 is 5.73 Å². The fourth-order valence-electron chi connectivity index (χ4n) is 1.61. The van der Waals surface area contributed by atoms with Gasteiger partial charge in [0.1, 0.15) is 0 Å². The summed E-state index contributed by atoms with van der Waals surface area (Å²) < 4.78 is 37.4. The molecule has 0 aliphatic heterocycles. The van der Waals surface area contributed by atoms with E-state index in [1.807, 2.05) is 19.1 Å². The van der Waals surface area contributed by atoms with Crippen molar-refractivity contribution in [3.63, 3.8) is 0 Å². The molecular weight excluding hydrogens is 305 g/mol. The van der Waals surface area contributed by atoms with Crippen LogP contribution in [0.1, 0.15) is 20.6 Å². The van der Waals surface area contributed by atoms with E-state index in [4.69, 9.17) is 5.73 Å². The normalized spacial score (nSPS) is 13.4. The van der Waals surface area contributed by atoms with E-state index in [0.29, 0.717) is 11.6 Å². The zero-order valence-electron chi connectivity index (χ0n) is 10.6. The predicted octanol–water partition coefficient (Wildman–Crippen LogP) is 4.26. The van der Waals surface area contributed by atoms with Crippen LogP contribution in [0, 0.1) is 6.92 Å². The van der Waals surface area contributed by atoms with Crippen LogP contribution >= 0.6 is 23.1 Å². The molecule has 1 atom stereocenters. The maximum absolute atomic E-state index is 12.5. The van der Waals surface area contributed by atoms with Gasteiger partial charge in [-0.3, -0.25) is 0 Å². The minimum atomic E-state index is -4.35. The average molecular weight is 318 g/mol. The van der Waals surface area contributed by atoms with E-state index >= 15 is 0 Å². The molecule has 2 N–H and O–H groups in total. The van der Waals surface area contributed by atoms with E-state index in [2.05, 4.69) is 4.98 Å². The van der Waals surface area contributed by atoms with Crippen molar-refractivity contribution in [1.82, 2.24) is 4.98 Å². The SMILES string of the molecule is Cc1ccc(C(CN)Sc2ccc(C(F)(F)F)cn2)s1. The summed E-state index contributed by atoms with van der Waals surface area (Å²) in [4.78, 5) is 6.15. The standard InChI is InChI=1S/C13H13F3N2S2/c1-8-2-4-10(19-8)11(6-17)20-12-5-3-9(7-18-12)13(14,15)16/h2-5,7,11H,6,17H2,1H3. The molecule has 0 saturated heterocycles. The summed E-state index contributed by atoms with van der Waals surface area (Å²) in [6.07, 6.45) is -3.50. The number of nitrogens with zero attached hydrogens (tertiary/aromatic N) is 1. The second kappa shape index (κ2) is 6.15. The van der Waals surface area contributed by atoms with Crippen molar-refractivity contribution >= 4 is 23.1 Å². The van der Waals surface area contributed by atoms with Crippen LogP contribution in [0.5, 0.6) is 0 Å². The second-order valence-electron chi connectivity index (χ2n) is 4.17. The number of aromatic nitrogens is 1. The molecule has 0 radical (unpaired) electrons. The number of aryl methyl sites for hydroxylation is 1. The summed E-state index contributed by atoms with van der Waals surface area (Å²) in [6, 6.07) is 6.43. The molecule has 2 heterocycles. The van der Waals surface area contributed by atoms with Gasteiger partial charge in [0.05, 0.1) is 15.8 Å². The Kier molecular flexibility index (Phi) is 4.72. The summed E-state index contributed by atoms with van der Waals surface area (Å²) in [7, 11) is 0. The maximum Gasteiger partial charge on any atom is 0.417 e. The molecule has 7 heteroatoms. The van der Waals surface area contributed by atoms with Crippen molar-refractivity contribution < 1.29 is 13.2 Å². The zero-order valence-corrected chi connectivity index (χ0v) is 12.3. The fraction of sp³-hybridized carbons (Fsp3) is 0.308. The van der Waals surface area contributed by atoms with E-state index in [-0.39, 0.29) is 5.25 Å². The summed E-state index contributed by atoms with van der Waals surface area (Å²) in [5.41, 5.74) is 5.00. The van der Waals surface area contributed by atoms with Crippen molar-refractivity contribution in [3.8, 4) is 0 Å². The summed E-state index contributed by atoms with van der Waals surface area (Å²) >= 11 is 3.02. The van der Waals surface area contributed by atoms with Crippen LogP contribution < -0.4 is 5.73 Å². The highest BCUT2D eigenvalue weighted by atomic mass is 32.2. The molecule has 1 unspecified atom stereocenters. The van der Waals surface area contributed by atoms with E-state index < -0.39 is 11.7 Å². The smallest absolute Gasteiger partial charge is 0.329 e. The molecule has 0 fully saturated rings. The van der Waals surface area contributed by atoms with Crippen LogP contribution in [-0.4, -0.2) is 11.5 Å². The van der Waals surface area contributed by atoms with Crippen LogP contribution in [0.25, 0.3) is 0 Å². The van der Waals surface area contributed by atoms with Gasteiger partial charge in [0.25, 0.3) is 0 Å². The number of hydrogen-bond donors (Lipinski definition) is 1. The van der Waals surface area contributed by atoms with E-state index in [9.17, 15) is 13.2 Å². The van der Waals surface area contributed by atoms with Gasteiger partial charge in [-0.25, -0.2) is 4.98 Å². The first-order chi connectivity index (χ1) is 9.40. The lowest BCUT2D eigenvalue weighted by Crippen LogP contribution is -2.09. The van der Waals surface area contributed by atoms with Crippen LogP contribution in [0.2, 0.25) is 0 Å². The summed E-state index contributed by atoms with van der Waals surface area (Å²) in [5.74, 6) is 0. The van der Waals surface area contributed by atoms with Crippen molar-refractivity contribution in [2.24, 2.45) is 5.73 Å². The largest absolute Gasteiger partial charge is 0.417 e. The Bertz CT molecular complexity index is 564. The van der Waals surface area contributed by atoms with Crippen LogP contribution in [0.4, 0.5) is 13.2 Å². The molecule has 0 bridgehead atoms. The first-order valence-electron chi connectivity index (χ1n) is 5.86. The van der Waals surface area contributed by atoms with Gasteiger partial charge >= 0.3 is 6.18 Å². The Hall–Kier alpha value is -1.05. The lowest BCUT2D eigenvalue weighted by atomic mass is 10.3. The summed E-state index contributed by atoms with van der Waals surface area (Å²) in [5, 5.41) is 0.553. The number of thioether (sulfide) groups is 1. The average Bonchev–Trinajstić information content (AvgIpc) is 2.82. The molecule has 108 valence electrons. The molecule has 0 aliphatic rings. The lowest BCUT2D eigenvalue weighted by molar-refractivity contribution is -0.137. The molecule has 2 rings (SSSR count). The van der Waals surface area contributed by atoms with Gasteiger partial charge in [0, 0.05) is 22.5 Å². The Morgan fingerprint density at radius 1 is 1.30 bits per heavy atom. The van der Waals surface area contributed by atoms with E-state index in [1.54, 1.807) is 11.3 Å². The number of pyridine rings is 1. The van der Waals surface area contributed by atoms with Gasteiger partial charge in [0.15, 0.2) is 0 Å². The molecule has 0 amide bonds. The third kappa shape index (κ3) is 3.74. The van der Waals surface area contributed by atoms with Crippen molar-refractivity contribution in [2.75, 3.05) is 6.54 Å². The highest BCUT2D eigenvalue weighted by Gasteiger charge is 2.30. The topological polar surface area (TPSA) is 38.9 Å². The molecule has 2 aromatic heterocycles. The van der Waals surface area contributed by atoms with E-state index in [1.165, 1.54) is 22.7 Å². The van der Waals surface area contributed by atoms with Gasteiger partial charge in [-0.05, 0) is 31.2 Å². The number of hydrogen-bond acceptors (Lipinski definition) is 4. The Labute approximate surface area is 123 Å². The third-order valence-corrected chi connectivity index (χ3v) is 5.10. The van der Waals surface area contributed by atoms with Gasteiger partial charge in [-0.1, -0.05) is 11.8 Å². The number of alkyl halides is 3. The summed E-state index contributed by atoms with van der Waals surface area (Å²) in [6.45, 7) is 2.41. The number of halogens is 3. The van der Waals surface area contributed by atoms with Crippen molar-refractivity contribution in [2.45, 2.75) is 23.4 Å². The molecule has 0 aliphatic carbocycles. The fourth-order valence-corrected chi connectivity index (χ4v) is 3.62. The van der Waals surface area contributed by atoms with E-state index in [0.717, 1.165) is 17.1 Å². The molecule has 0 saturated carbocycles. The second-order valence-corrected chi connectivity index (χ2v) is 6.72. The highest BCUT2D eigenvalue weighted by molar-refractivity contribution is 7.99. The molecule has 2 aromatic rings. The lowest BCUT2D eigenvalue weighted by Gasteiger charge is -2.12.